The number of hydrogen-bond acceptors (Lipinski definition) is 4. The van der Waals surface area contributed by atoms with Crippen molar-refractivity contribution < 1.29 is 4.74 Å². The van der Waals surface area contributed by atoms with E-state index in [0.29, 0.717) is 11.4 Å². The molecule has 1 aromatic heterocycles. The van der Waals surface area contributed by atoms with Gasteiger partial charge in [-0.3, -0.25) is 0 Å². The van der Waals surface area contributed by atoms with Gasteiger partial charge in [0.2, 0.25) is 5.88 Å². The zero-order valence-electron chi connectivity index (χ0n) is 10.2. The first-order valence-corrected chi connectivity index (χ1v) is 5.86. The van der Waals surface area contributed by atoms with Crippen molar-refractivity contribution in [3.05, 3.63) is 47.2 Å². The van der Waals surface area contributed by atoms with Gasteiger partial charge in [0.05, 0.1) is 11.8 Å². The lowest BCUT2D eigenvalue weighted by atomic mass is 10.1. The molecular formula is C13H13N3OS. The minimum atomic E-state index is 0.241. The monoisotopic (exact) mass is 259 g/mol. The van der Waals surface area contributed by atoms with E-state index >= 15 is 0 Å². The molecule has 2 N–H and O–H groups in total. The molecule has 0 bridgehead atoms. The molecule has 2 aromatic rings. The second-order valence-electron chi connectivity index (χ2n) is 3.91. The van der Waals surface area contributed by atoms with Crippen molar-refractivity contribution in [1.29, 1.82) is 0 Å². The summed E-state index contributed by atoms with van der Waals surface area (Å²) in [5.41, 5.74) is 8.40. The van der Waals surface area contributed by atoms with Gasteiger partial charge in [-0.25, -0.2) is 0 Å². The fraction of sp³-hybridized carbons (Fsp3) is 0.154. The van der Waals surface area contributed by atoms with Crippen molar-refractivity contribution in [2.24, 2.45) is 5.73 Å². The summed E-state index contributed by atoms with van der Waals surface area (Å²) in [6.45, 7) is 4.01. The van der Waals surface area contributed by atoms with Crippen molar-refractivity contribution in [3.63, 3.8) is 0 Å². The first-order chi connectivity index (χ1) is 8.59. The average Bonchev–Trinajstić information content (AvgIpc) is 2.35. The van der Waals surface area contributed by atoms with Crippen LogP contribution in [0.25, 0.3) is 0 Å². The van der Waals surface area contributed by atoms with Gasteiger partial charge in [0.1, 0.15) is 10.7 Å². The lowest BCUT2D eigenvalue weighted by Gasteiger charge is -2.11. The van der Waals surface area contributed by atoms with Crippen LogP contribution in [0.1, 0.15) is 16.7 Å². The minimum Gasteiger partial charge on any atom is -0.437 e. The third-order valence-corrected chi connectivity index (χ3v) is 2.93. The van der Waals surface area contributed by atoms with E-state index in [1.54, 1.807) is 6.07 Å². The summed E-state index contributed by atoms with van der Waals surface area (Å²) in [4.78, 5) is 0.241. The molecule has 0 atom stereocenters. The number of ether oxygens (including phenoxy) is 1. The van der Waals surface area contributed by atoms with Gasteiger partial charge in [0.25, 0.3) is 0 Å². The van der Waals surface area contributed by atoms with Gasteiger partial charge in [-0.15, -0.1) is 5.10 Å². The van der Waals surface area contributed by atoms with Crippen molar-refractivity contribution in [1.82, 2.24) is 10.2 Å². The second kappa shape index (κ2) is 5.10. The molecular weight excluding hydrogens is 246 g/mol. The lowest BCUT2D eigenvalue weighted by molar-refractivity contribution is 0.450. The van der Waals surface area contributed by atoms with Gasteiger partial charge in [0, 0.05) is 0 Å². The molecule has 0 aliphatic heterocycles. The molecule has 4 nitrogen and oxygen atoms in total. The van der Waals surface area contributed by atoms with Crippen LogP contribution in [0, 0.1) is 13.8 Å². The Balaban J connectivity index is 2.40. The first-order valence-electron chi connectivity index (χ1n) is 5.45. The molecule has 0 radical (unpaired) electrons. The van der Waals surface area contributed by atoms with Crippen LogP contribution in [0.5, 0.6) is 11.6 Å². The molecule has 5 heteroatoms. The van der Waals surface area contributed by atoms with Gasteiger partial charge in [0.15, 0.2) is 0 Å². The van der Waals surface area contributed by atoms with Crippen LogP contribution in [0.3, 0.4) is 0 Å². The highest BCUT2D eigenvalue weighted by Gasteiger charge is 2.11. The Bertz CT molecular complexity index is 599. The van der Waals surface area contributed by atoms with Crippen molar-refractivity contribution in [2.45, 2.75) is 13.8 Å². The van der Waals surface area contributed by atoms with E-state index in [2.05, 4.69) is 10.2 Å². The Hall–Kier alpha value is -2.01. The number of rotatable bonds is 3. The molecule has 0 spiro atoms. The molecule has 0 saturated heterocycles. The number of hydrogen-bond donors (Lipinski definition) is 1. The molecule has 0 aliphatic carbocycles. The highest BCUT2D eigenvalue weighted by Crippen LogP contribution is 2.27. The lowest BCUT2D eigenvalue weighted by Crippen LogP contribution is -2.12. The molecule has 18 heavy (non-hydrogen) atoms. The maximum absolute atomic E-state index is 5.74. The maximum Gasteiger partial charge on any atom is 0.249 e. The third kappa shape index (κ3) is 2.46. The highest BCUT2D eigenvalue weighted by molar-refractivity contribution is 7.80. The van der Waals surface area contributed by atoms with E-state index in [-0.39, 0.29) is 4.99 Å². The van der Waals surface area contributed by atoms with Crippen LogP contribution in [0.2, 0.25) is 0 Å². The quantitative estimate of drug-likeness (QED) is 0.858. The van der Waals surface area contributed by atoms with Gasteiger partial charge in [-0.1, -0.05) is 24.4 Å². The summed E-state index contributed by atoms with van der Waals surface area (Å²) in [5.74, 6) is 1.06. The summed E-state index contributed by atoms with van der Waals surface area (Å²) in [6.07, 6.45) is 1.53. The van der Waals surface area contributed by atoms with E-state index < -0.39 is 0 Å². The fourth-order valence-corrected chi connectivity index (χ4v) is 1.68. The Morgan fingerprint density at radius 1 is 1.28 bits per heavy atom. The molecule has 1 aromatic carbocycles. The fourth-order valence-electron chi connectivity index (χ4n) is 1.52. The number of benzene rings is 1. The van der Waals surface area contributed by atoms with Crippen molar-refractivity contribution in [2.75, 3.05) is 0 Å². The Morgan fingerprint density at radius 2 is 2.06 bits per heavy atom. The molecule has 1 heterocycles. The van der Waals surface area contributed by atoms with Crippen molar-refractivity contribution >= 4 is 17.2 Å². The zero-order chi connectivity index (χ0) is 13.1. The van der Waals surface area contributed by atoms with E-state index in [1.807, 2.05) is 32.0 Å². The Kier molecular flexibility index (Phi) is 3.53. The molecule has 0 aliphatic rings. The molecule has 0 fully saturated rings. The van der Waals surface area contributed by atoms with E-state index in [9.17, 15) is 0 Å². The first kappa shape index (κ1) is 12.4. The predicted molar refractivity (Wildman–Crippen MR) is 73.9 cm³/mol. The van der Waals surface area contributed by atoms with Gasteiger partial charge < -0.3 is 10.5 Å². The number of aryl methyl sites for hydroxylation is 1. The maximum atomic E-state index is 5.74. The summed E-state index contributed by atoms with van der Waals surface area (Å²) in [6, 6.07) is 7.51. The summed E-state index contributed by atoms with van der Waals surface area (Å²) in [7, 11) is 0. The summed E-state index contributed by atoms with van der Waals surface area (Å²) >= 11 is 4.95. The second-order valence-corrected chi connectivity index (χ2v) is 4.35. The van der Waals surface area contributed by atoms with E-state index in [4.69, 9.17) is 22.7 Å². The number of thiocarbonyl (C=S) groups is 1. The largest absolute Gasteiger partial charge is 0.437 e. The SMILES string of the molecule is Cc1cccc(Oc2nnccc2C(N)=S)c1C. The zero-order valence-corrected chi connectivity index (χ0v) is 11.0. The van der Waals surface area contributed by atoms with Gasteiger partial charge >= 0.3 is 0 Å². The number of aromatic nitrogens is 2. The Morgan fingerprint density at radius 3 is 2.78 bits per heavy atom. The summed E-state index contributed by atoms with van der Waals surface area (Å²) < 4.78 is 5.74. The van der Waals surface area contributed by atoms with Crippen LogP contribution >= 0.6 is 12.2 Å². The van der Waals surface area contributed by atoms with Gasteiger partial charge in [-0.2, -0.15) is 5.10 Å². The molecule has 0 amide bonds. The minimum absolute atomic E-state index is 0.241. The highest BCUT2D eigenvalue weighted by atomic mass is 32.1. The normalized spacial score (nSPS) is 10.1. The Labute approximate surface area is 111 Å². The molecule has 2 rings (SSSR count). The van der Waals surface area contributed by atoms with Crippen LogP contribution in [-0.4, -0.2) is 15.2 Å². The van der Waals surface area contributed by atoms with Crippen LogP contribution < -0.4 is 10.5 Å². The molecule has 0 saturated carbocycles. The number of nitrogens with two attached hydrogens (primary N) is 1. The van der Waals surface area contributed by atoms with E-state index in [1.165, 1.54) is 6.20 Å². The molecule has 92 valence electrons. The number of nitrogens with zero attached hydrogens (tertiary/aromatic N) is 2. The van der Waals surface area contributed by atoms with E-state index in [0.717, 1.165) is 16.9 Å². The summed E-state index contributed by atoms with van der Waals surface area (Å²) in [5, 5.41) is 7.71. The third-order valence-electron chi connectivity index (χ3n) is 2.71. The smallest absolute Gasteiger partial charge is 0.249 e. The van der Waals surface area contributed by atoms with Crippen LogP contribution in [-0.2, 0) is 0 Å². The average molecular weight is 259 g/mol. The van der Waals surface area contributed by atoms with Crippen LogP contribution in [0.4, 0.5) is 0 Å². The standard InChI is InChI=1S/C13H13N3OS/c1-8-4-3-5-11(9(8)2)17-13-10(12(14)18)6-7-15-16-13/h3-7H,1-2H3,(H2,14,18). The molecule has 0 unspecified atom stereocenters. The van der Waals surface area contributed by atoms with Crippen LogP contribution in [0.15, 0.2) is 30.5 Å². The van der Waals surface area contributed by atoms with Crippen molar-refractivity contribution in [3.8, 4) is 11.6 Å². The van der Waals surface area contributed by atoms with Gasteiger partial charge in [-0.05, 0) is 37.1 Å². The predicted octanol–water partition coefficient (Wildman–Crippen LogP) is 2.52. The topological polar surface area (TPSA) is 61.0 Å².